The molecule has 11 heteroatoms. The molecule has 0 saturated heterocycles. The quantitative estimate of drug-likeness (QED) is 0.426. The Balaban J connectivity index is 1.82. The summed E-state index contributed by atoms with van der Waals surface area (Å²) in [4.78, 5) is 48.0. The number of para-hydroxylation sites is 1. The minimum Gasteiger partial charge on any atom is -0.465 e. The van der Waals surface area contributed by atoms with Gasteiger partial charge in [-0.1, -0.05) is 12.1 Å². The van der Waals surface area contributed by atoms with Crippen LogP contribution in [-0.4, -0.2) is 42.3 Å². The van der Waals surface area contributed by atoms with Gasteiger partial charge in [-0.15, -0.1) is 0 Å². The number of nitrogens with zero attached hydrogens (tertiary/aromatic N) is 2. The molecular weight excluding hydrogens is 438 g/mol. The van der Waals surface area contributed by atoms with E-state index in [4.69, 9.17) is 0 Å². The Morgan fingerprint density at radius 3 is 2.25 bits per heavy atom. The number of hydrogen-bond acceptors (Lipinski definition) is 7. The van der Waals surface area contributed by atoms with E-state index in [-0.39, 0.29) is 28.1 Å². The van der Waals surface area contributed by atoms with E-state index < -0.39 is 38.6 Å². The molecule has 32 heavy (non-hydrogen) atoms. The maximum absolute atomic E-state index is 12.8. The molecule has 0 aliphatic carbocycles. The van der Waals surface area contributed by atoms with Crippen LogP contribution in [0.15, 0.2) is 56.9 Å². The number of methoxy groups -OCH3 is 1. The molecule has 2 aromatic carbocycles. The highest BCUT2D eigenvalue weighted by molar-refractivity contribution is 7.91. The second kappa shape index (κ2) is 8.79. The minimum atomic E-state index is -3.88. The van der Waals surface area contributed by atoms with Gasteiger partial charge in [0.15, 0.2) is 9.84 Å². The molecule has 0 radical (unpaired) electrons. The lowest BCUT2D eigenvalue weighted by molar-refractivity contribution is -0.115. The van der Waals surface area contributed by atoms with Crippen molar-refractivity contribution in [2.75, 3.05) is 18.2 Å². The lowest BCUT2D eigenvalue weighted by Crippen LogP contribution is -2.39. The number of ether oxygens (including phenoxy) is 1. The average Bonchev–Trinajstić information content (AvgIpc) is 2.79. The van der Waals surface area contributed by atoms with Gasteiger partial charge in [-0.25, -0.2) is 13.2 Å². The molecule has 0 spiro atoms. The largest absolute Gasteiger partial charge is 0.465 e. The van der Waals surface area contributed by atoms with Gasteiger partial charge in [0.2, 0.25) is 5.91 Å². The number of carbonyl (C=O) groups is 2. The van der Waals surface area contributed by atoms with Gasteiger partial charge < -0.3 is 19.2 Å². The van der Waals surface area contributed by atoms with E-state index in [1.807, 2.05) is 0 Å². The summed E-state index contributed by atoms with van der Waals surface area (Å²) in [6.07, 6.45) is -0.359. The first-order chi connectivity index (χ1) is 15.1. The Morgan fingerprint density at radius 2 is 1.59 bits per heavy atom. The topological polar surface area (TPSA) is 134 Å². The zero-order valence-electron chi connectivity index (χ0n) is 17.6. The van der Waals surface area contributed by atoms with E-state index >= 15 is 0 Å². The van der Waals surface area contributed by atoms with Crippen molar-refractivity contribution < 1.29 is 22.7 Å². The molecule has 1 heterocycles. The Morgan fingerprint density at radius 1 is 0.969 bits per heavy atom. The summed E-state index contributed by atoms with van der Waals surface area (Å²) in [6.45, 7) is 0. The van der Waals surface area contributed by atoms with Gasteiger partial charge in [-0.2, -0.15) is 0 Å². The molecule has 3 aromatic rings. The SMILES string of the molecule is COC(=O)c1ccccc1NC(=O)CCS(=O)(=O)c1ccc2c(c1)n(C)c(=O)c(=O)n2C. The number of benzene rings is 2. The van der Waals surface area contributed by atoms with Crippen LogP contribution in [0.4, 0.5) is 5.69 Å². The number of aryl methyl sites for hydroxylation is 2. The fraction of sp³-hybridized carbons (Fsp3) is 0.238. The highest BCUT2D eigenvalue weighted by Gasteiger charge is 2.20. The number of nitrogens with one attached hydrogen (secondary N) is 1. The molecule has 0 unspecified atom stereocenters. The predicted molar refractivity (Wildman–Crippen MR) is 118 cm³/mol. The van der Waals surface area contributed by atoms with Crippen LogP contribution in [0, 0.1) is 0 Å². The van der Waals surface area contributed by atoms with E-state index in [0.29, 0.717) is 5.52 Å². The smallest absolute Gasteiger partial charge is 0.339 e. The fourth-order valence-corrected chi connectivity index (χ4v) is 4.45. The van der Waals surface area contributed by atoms with Crippen molar-refractivity contribution in [2.24, 2.45) is 14.1 Å². The molecule has 0 aliphatic heterocycles. The summed E-state index contributed by atoms with van der Waals surface area (Å²) in [7, 11) is 0.146. The van der Waals surface area contributed by atoms with E-state index in [9.17, 15) is 27.6 Å². The molecule has 3 rings (SSSR count). The standard InChI is InChI=1S/C21H21N3O7S/c1-23-16-9-8-13(12-17(16)24(2)20(27)19(23)26)32(29,30)11-10-18(25)22-15-7-5-4-6-14(15)21(28)31-3/h4-9,12H,10-11H2,1-3H3,(H,22,25). The van der Waals surface area contributed by atoms with Crippen LogP contribution in [0.2, 0.25) is 0 Å². The van der Waals surface area contributed by atoms with Crippen molar-refractivity contribution in [3.05, 3.63) is 68.7 Å². The molecule has 1 amide bonds. The van der Waals surface area contributed by atoms with Gasteiger partial charge >= 0.3 is 17.1 Å². The Kier molecular flexibility index (Phi) is 6.30. The van der Waals surface area contributed by atoms with Gasteiger partial charge in [0.1, 0.15) is 0 Å². The summed E-state index contributed by atoms with van der Waals surface area (Å²) in [5, 5.41) is 2.52. The number of sulfone groups is 1. The lowest BCUT2D eigenvalue weighted by atomic mass is 10.2. The van der Waals surface area contributed by atoms with Gasteiger partial charge in [0.05, 0.1) is 40.0 Å². The average molecular weight is 459 g/mol. The number of amides is 1. The van der Waals surface area contributed by atoms with Crippen molar-refractivity contribution >= 4 is 38.4 Å². The predicted octanol–water partition coefficient (Wildman–Crippen LogP) is 0.826. The van der Waals surface area contributed by atoms with Crippen LogP contribution in [0.3, 0.4) is 0 Å². The molecule has 10 nitrogen and oxygen atoms in total. The van der Waals surface area contributed by atoms with Crippen LogP contribution in [0.25, 0.3) is 11.0 Å². The molecule has 1 aromatic heterocycles. The third-order valence-electron chi connectivity index (χ3n) is 5.03. The Bertz CT molecular complexity index is 1450. The summed E-state index contributed by atoms with van der Waals surface area (Å²) >= 11 is 0. The van der Waals surface area contributed by atoms with Gasteiger partial charge in [-0.05, 0) is 30.3 Å². The molecule has 0 fully saturated rings. The van der Waals surface area contributed by atoms with Gasteiger partial charge in [-0.3, -0.25) is 14.4 Å². The summed E-state index contributed by atoms with van der Waals surface area (Å²) in [5.74, 6) is -1.73. The Labute approximate surface area is 183 Å². The van der Waals surface area contributed by atoms with Gasteiger partial charge in [0, 0.05) is 20.5 Å². The summed E-state index contributed by atoms with van der Waals surface area (Å²) in [6, 6.07) is 10.3. The number of esters is 1. The zero-order chi connectivity index (χ0) is 23.6. The molecule has 1 N–H and O–H groups in total. The Hall–Kier alpha value is -3.73. The second-order valence-corrected chi connectivity index (χ2v) is 9.14. The summed E-state index contributed by atoms with van der Waals surface area (Å²) < 4.78 is 32.5. The number of carbonyl (C=O) groups excluding carboxylic acids is 2. The van der Waals surface area contributed by atoms with Crippen molar-refractivity contribution in [3.63, 3.8) is 0 Å². The van der Waals surface area contributed by atoms with Crippen molar-refractivity contribution in [2.45, 2.75) is 11.3 Å². The highest BCUT2D eigenvalue weighted by atomic mass is 32.2. The first-order valence-corrected chi connectivity index (χ1v) is 11.1. The number of fused-ring (bicyclic) bond motifs is 1. The number of rotatable bonds is 6. The molecule has 0 saturated carbocycles. The van der Waals surface area contributed by atoms with Crippen molar-refractivity contribution in [3.8, 4) is 0 Å². The van der Waals surface area contributed by atoms with Gasteiger partial charge in [0.25, 0.3) is 0 Å². The van der Waals surface area contributed by atoms with Crippen molar-refractivity contribution in [1.29, 1.82) is 0 Å². The normalized spacial score (nSPS) is 11.3. The van der Waals surface area contributed by atoms with E-state index in [2.05, 4.69) is 10.1 Å². The second-order valence-electron chi connectivity index (χ2n) is 7.03. The van der Waals surface area contributed by atoms with Crippen molar-refractivity contribution in [1.82, 2.24) is 9.13 Å². The summed E-state index contributed by atoms with van der Waals surface area (Å²) in [5.41, 5.74) is -0.476. The zero-order valence-corrected chi connectivity index (χ0v) is 18.4. The van der Waals surface area contributed by atoms with E-state index in [1.54, 1.807) is 12.1 Å². The molecule has 0 aliphatic rings. The van der Waals surface area contributed by atoms with Crippen LogP contribution in [-0.2, 0) is 33.5 Å². The number of anilines is 1. The molecular formula is C21H21N3O7S. The third-order valence-corrected chi connectivity index (χ3v) is 6.74. The molecule has 0 atom stereocenters. The molecule has 168 valence electrons. The fourth-order valence-electron chi connectivity index (χ4n) is 3.19. The monoisotopic (exact) mass is 459 g/mol. The maximum atomic E-state index is 12.8. The first-order valence-electron chi connectivity index (χ1n) is 9.46. The van der Waals surface area contributed by atoms with Crippen LogP contribution in [0.1, 0.15) is 16.8 Å². The van der Waals surface area contributed by atoms with E-state index in [0.717, 1.165) is 9.13 Å². The first kappa shape index (κ1) is 22.9. The van der Waals surface area contributed by atoms with E-state index in [1.165, 1.54) is 51.5 Å². The maximum Gasteiger partial charge on any atom is 0.339 e. The number of hydrogen-bond donors (Lipinski definition) is 1. The highest BCUT2D eigenvalue weighted by Crippen LogP contribution is 2.20. The van der Waals surface area contributed by atoms with Crippen LogP contribution < -0.4 is 16.4 Å². The lowest BCUT2D eigenvalue weighted by Gasteiger charge is -2.12. The van der Waals surface area contributed by atoms with Crippen LogP contribution in [0.5, 0.6) is 0 Å². The van der Waals surface area contributed by atoms with Crippen LogP contribution >= 0.6 is 0 Å². The molecule has 0 bridgehead atoms. The minimum absolute atomic E-state index is 0.0820. The number of aromatic nitrogens is 2. The third kappa shape index (κ3) is 4.33.